The van der Waals surface area contributed by atoms with Gasteiger partial charge in [0, 0.05) is 27.5 Å². The van der Waals surface area contributed by atoms with Crippen LogP contribution in [0, 0.1) is 0 Å². The second kappa shape index (κ2) is 11.7. The quantitative estimate of drug-likeness (QED) is 0.170. The molecule has 0 aliphatic heterocycles. The molecule has 0 unspecified atom stereocenters. The van der Waals surface area contributed by atoms with Crippen molar-refractivity contribution in [2.24, 2.45) is 0 Å². The SMILES string of the molecule is c1ccc(-c2cccc(-c3ccc(N(c4ccc5c(ccc6cc7oc8ccccc8c7cc65)c4)c4cccc5oc6ccccc6c45)cc3)c2)cc1. The minimum atomic E-state index is 0.867. The van der Waals surface area contributed by atoms with Crippen LogP contribution in [0.1, 0.15) is 0 Å². The fraction of sp³-hybridized carbons (Fsp3) is 0. The normalized spacial score (nSPS) is 11.8. The van der Waals surface area contributed by atoms with Crippen LogP contribution in [0.15, 0.2) is 197 Å². The van der Waals surface area contributed by atoms with Crippen molar-refractivity contribution in [3.8, 4) is 22.3 Å². The van der Waals surface area contributed by atoms with Crippen LogP contribution in [0.4, 0.5) is 17.1 Å². The summed E-state index contributed by atoms with van der Waals surface area (Å²) < 4.78 is 12.6. The molecule has 0 aliphatic carbocycles. The number of hydrogen-bond acceptors (Lipinski definition) is 3. The monoisotopic (exact) mass is 677 g/mol. The lowest BCUT2D eigenvalue weighted by Crippen LogP contribution is -2.10. The van der Waals surface area contributed by atoms with Crippen LogP contribution >= 0.6 is 0 Å². The maximum Gasteiger partial charge on any atom is 0.137 e. The Balaban J connectivity index is 1.08. The van der Waals surface area contributed by atoms with Crippen LogP contribution in [0.25, 0.3) is 87.7 Å². The average Bonchev–Trinajstić information content (AvgIpc) is 3.79. The second-order valence-corrected chi connectivity index (χ2v) is 13.7. The minimum Gasteiger partial charge on any atom is -0.456 e. The molecule has 11 aromatic rings. The summed E-state index contributed by atoms with van der Waals surface area (Å²) in [5, 5.41) is 9.22. The van der Waals surface area contributed by atoms with E-state index in [9.17, 15) is 0 Å². The van der Waals surface area contributed by atoms with Crippen LogP contribution in [0.3, 0.4) is 0 Å². The number of nitrogens with zero attached hydrogens (tertiary/aromatic N) is 1. The molecule has 248 valence electrons. The van der Waals surface area contributed by atoms with Gasteiger partial charge in [-0.3, -0.25) is 0 Å². The summed E-state index contributed by atoms with van der Waals surface area (Å²) in [4.78, 5) is 2.37. The number of hydrogen-bond donors (Lipinski definition) is 0. The van der Waals surface area contributed by atoms with Crippen molar-refractivity contribution < 1.29 is 8.83 Å². The second-order valence-electron chi connectivity index (χ2n) is 13.7. The third kappa shape index (κ3) is 4.82. The van der Waals surface area contributed by atoms with E-state index < -0.39 is 0 Å². The topological polar surface area (TPSA) is 29.5 Å². The molecule has 2 heterocycles. The van der Waals surface area contributed by atoms with Gasteiger partial charge in [0.2, 0.25) is 0 Å². The molecule has 9 aromatic carbocycles. The van der Waals surface area contributed by atoms with Gasteiger partial charge in [-0.05, 0) is 111 Å². The Morgan fingerprint density at radius 2 is 0.906 bits per heavy atom. The van der Waals surface area contributed by atoms with Gasteiger partial charge in [-0.15, -0.1) is 0 Å². The highest BCUT2D eigenvalue weighted by Gasteiger charge is 2.20. The van der Waals surface area contributed by atoms with Crippen molar-refractivity contribution in [2.75, 3.05) is 4.90 Å². The van der Waals surface area contributed by atoms with Gasteiger partial charge in [-0.25, -0.2) is 0 Å². The van der Waals surface area contributed by atoms with E-state index in [-0.39, 0.29) is 0 Å². The first kappa shape index (κ1) is 29.6. The highest BCUT2D eigenvalue weighted by molar-refractivity contribution is 6.17. The van der Waals surface area contributed by atoms with Crippen LogP contribution in [0.2, 0.25) is 0 Å². The predicted octanol–water partition coefficient (Wildman–Crippen LogP) is 14.6. The lowest BCUT2D eigenvalue weighted by molar-refractivity contribution is 0.669. The van der Waals surface area contributed by atoms with Crippen molar-refractivity contribution >= 4 is 82.5 Å². The van der Waals surface area contributed by atoms with Gasteiger partial charge in [0.15, 0.2) is 0 Å². The lowest BCUT2D eigenvalue weighted by Gasteiger charge is -2.27. The molecule has 0 atom stereocenters. The van der Waals surface area contributed by atoms with Crippen LogP contribution in [-0.4, -0.2) is 0 Å². The zero-order valence-electron chi connectivity index (χ0n) is 28.7. The molecule has 0 N–H and O–H groups in total. The standard InChI is InChI=1S/C50H31NO2/c1-2-10-32(11-3-1)34-12-8-13-35(28-34)33-22-24-38(25-23-33)51(45-16-9-19-48-50(45)42-15-5-7-18-47(42)52-48)39-26-27-40-36(29-39)20-21-37-30-49-44(31-43(37)40)41-14-4-6-17-46(41)53-49/h1-31H. The van der Waals surface area contributed by atoms with Crippen LogP contribution in [-0.2, 0) is 0 Å². The van der Waals surface area contributed by atoms with E-state index in [1.807, 2.05) is 24.3 Å². The van der Waals surface area contributed by atoms with Crippen molar-refractivity contribution in [1.82, 2.24) is 0 Å². The smallest absolute Gasteiger partial charge is 0.137 e. The predicted molar refractivity (Wildman–Crippen MR) is 222 cm³/mol. The summed E-state index contributed by atoms with van der Waals surface area (Å²) >= 11 is 0. The molecular formula is C50H31NO2. The molecule has 3 heteroatoms. The Morgan fingerprint density at radius 3 is 1.72 bits per heavy atom. The third-order valence-corrected chi connectivity index (χ3v) is 10.6. The maximum absolute atomic E-state index is 6.38. The van der Waals surface area contributed by atoms with Crippen molar-refractivity contribution in [3.05, 3.63) is 188 Å². The molecular weight excluding hydrogens is 647 g/mol. The third-order valence-electron chi connectivity index (χ3n) is 10.6. The molecule has 0 amide bonds. The molecule has 0 bridgehead atoms. The molecule has 53 heavy (non-hydrogen) atoms. The molecule has 0 spiro atoms. The summed E-state index contributed by atoms with van der Waals surface area (Å²) in [5.41, 5.74) is 11.6. The largest absolute Gasteiger partial charge is 0.456 e. The summed E-state index contributed by atoms with van der Waals surface area (Å²) in [5.74, 6) is 0. The van der Waals surface area contributed by atoms with Gasteiger partial charge in [0.25, 0.3) is 0 Å². The molecule has 0 fully saturated rings. The van der Waals surface area contributed by atoms with E-state index in [0.717, 1.165) is 66.3 Å². The summed E-state index contributed by atoms with van der Waals surface area (Å²) in [7, 11) is 0. The Kier molecular flexibility index (Phi) is 6.55. The van der Waals surface area contributed by atoms with Crippen LogP contribution in [0.5, 0.6) is 0 Å². The van der Waals surface area contributed by atoms with E-state index in [0.29, 0.717) is 0 Å². The number of rotatable bonds is 5. The fourth-order valence-corrected chi connectivity index (χ4v) is 8.09. The first-order chi connectivity index (χ1) is 26.2. The molecule has 0 aliphatic rings. The van der Waals surface area contributed by atoms with E-state index >= 15 is 0 Å². The molecule has 11 rings (SSSR count). The molecule has 2 aromatic heterocycles. The van der Waals surface area contributed by atoms with Crippen LogP contribution < -0.4 is 4.90 Å². The average molecular weight is 678 g/mol. The first-order valence-corrected chi connectivity index (χ1v) is 18.0. The first-order valence-electron chi connectivity index (χ1n) is 18.0. The van der Waals surface area contributed by atoms with Gasteiger partial charge in [0.05, 0.1) is 11.1 Å². The van der Waals surface area contributed by atoms with Crippen molar-refractivity contribution in [1.29, 1.82) is 0 Å². The maximum atomic E-state index is 6.38. The summed E-state index contributed by atoms with van der Waals surface area (Å²) in [6.07, 6.45) is 0. The van der Waals surface area contributed by atoms with E-state index in [1.165, 1.54) is 38.4 Å². The highest BCUT2D eigenvalue weighted by atomic mass is 16.3. The van der Waals surface area contributed by atoms with Gasteiger partial charge in [0.1, 0.15) is 22.3 Å². The summed E-state index contributed by atoms with van der Waals surface area (Å²) in [6, 6.07) is 66.9. The number of furan rings is 2. The Labute approximate surface area is 305 Å². The Hall–Kier alpha value is -7.10. The fourth-order valence-electron chi connectivity index (χ4n) is 8.09. The van der Waals surface area contributed by atoms with E-state index in [1.54, 1.807) is 0 Å². The van der Waals surface area contributed by atoms with E-state index in [4.69, 9.17) is 8.83 Å². The number of benzene rings is 9. The minimum absolute atomic E-state index is 0.867. The number of anilines is 3. The van der Waals surface area contributed by atoms with Crippen molar-refractivity contribution in [2.45, 2.75) is 0 Å². The Morgan fingerprint density at radius 1 is 0.302 bits per heavy atom. The highest BCUT2D eigenvalue weighted by Crippen LogP contribution is 2.44. The number of para-hydroxylation sites is 2. The molecule has 0 saturated carbocycles. The number of fused-ring (bicyclic) bond motifs is 9. The van der Waals surface area contributed by atoms with Gasteiger partial charge >= 0.3 is 0 Å². The Bertz CT molecular complexity index is 3170. The van der Waals surface area contributed by atoms with Gasteiger partial charge < -0.3 is 13.7 Å². The zero-order chi connectivity index (χ0) is 34.9. The molecule has 0 radical (unpaired) electrons. The van der Waals surface area contributed by atoms with E-state index in [2.05, 4.69) is 169 Å². The zero-order valence-corrected chi connectivity index (χ0v) is 28.7. The lowest BCUT2D eigenvalue weighted by atomic mass is 9.98. The summed E-state index contributed by atoms with van der Waals surface area (Å²) in [6.45, 7) is 0. The van der Waals surface area contributed by atoms with Gasteiger partial charge in [-0.1, -0.05) is 121 Å². The van der Waals surface area contributed by atoms with Crippen molar-refractivity contribution in [3.63, 3.8) is 0 Å². The molecule has 0 saturated heterocycles. The van der Waals surface area contributed by atoms with Gasteiger partial charge in [-0.2, -0.15) is 0 Å². The molecule has 3 nitrogen and oxygen atoms in total.